The summed E-state index contributed by atoms with van der Waals surface area (Å²) in [5.74, 6) is -2.51. The van der Waals surface area contributed by atoms with Crippen molar-refractivity contribution in [2.24, 2.45) is 0 Å². The molecule has 0 rings (SSSR count). The fourth-order valence-electron chi connectivity index (χ4n) is 0.143. The van der Waals surface area contributed by atoms with Crippen molar-refractivity contribution in [1.82, 2.24) is 5.32 Å². The molecule has 0 spiro atoms. The van der Waals surface area contributed by atoms with Crippen LogP contribution in [0.3, 0.4) is 0 Å². The van der Waals surface area contributed by atoms with Crippen molar-refractivity contribution < 1.29 is 29.7 Å². The Labute approximate surface area is 87.0 Å². The monoisotopic (exact) mass is 221 g/mol. The summed E-state index contributed by atoms with van der Waals surface area (Å²) in [6.07, 6.45) is 1.12. The molecule has 0 radical (unpaired) electrons. The molecule has 4 N–H and O–H groups in total. The maximum atomic E-state index is 9.55. The van der Waals surface area contributed by atoms with E-state index < -0.39 is 11.9 Å². The normalized spacial score (nSPS) is 7.87. The second-order valence-corrected chi connectivity index (χ2v) is 1.82. The highest BCUT2D eigenvalue weighted by molar-refractivity contribution is 5.89. The van der Waals surface area contributed by atoms with Gasteiger partial charge in [0, 0.05) is 12.2 Å². The van der Waals surface area contributed by atoms with E-state index in [0.717, 1.165) is 6.54 Å². The van der Waals surface area contributed by atoms with E-state index in [0.29, 0.717) is 12.2 Å². The Bertz CT molecular complexity index is 183. The lowest BCUT2D eigenvalue weighted by Gasteiger charge is -1.76. The van der Waals surface area contributed by atoms with Gasteiger partial charge in [0.2, 0.25) is 0 Å². The molecule has 0 saturated carbocycles. The summed E-state index contributed by atoms with van der Waals surface area (Å²) in [4.78, 5) is 27.5. The molecule has 0 fully saturated rings. The van der Waals surface area contributed by atoms with Crippen molar-refractivity contribution in [2.45, 2.75) is 6.92 Å². The third-order valence-corrected chi connectivity index (χ3v) is 0.722. The Hall–Kier alpha value is -1.89. The van der Waals surface area contributed by atoms with E-state index in [2.05, 4.69) is 12.2 Å². The second kappa shape index (κ2) is 18.0. The van der Waals surface area contributed by atoms with Gasteiger partial charge in [0.15, 0.2) is 0 Å². The van der Waals surface area contributed by atoms with Gasteiger partial charge >= 0.3 is 11.9 Å². The number of hydrogen-bond donors (Lipinski definition) is 4. The fraction of sp³-hybridized carbons (Fsp3) is 0.375. The highest BCUT2D eigenvalue weighted by atomic mass is 16.4. The molecular weight excluding hydrogens is 206 g/mol. The van der Waals surface area contributed by atoms with Gasteiger partial charge in [-0.25, -0.2) is 9.59 Å². The minimum Gasteiger partial charge on any atom is -0.483 e. The van der Waals surface area contributed by atoms with Crippen LogP contribution in [0.2, 0.25) is 0 Å². The van der Waals surface area contributed by atoms with Crippen LogP contribution in [0, 0.1) is 0 Å². The number of hydrogen-bond acceptors (Lipinski definition) is 4. The molecule has 7 nitrogen and oxygen atoms in total. The van der Waals surface area contributed by atoms with Crippen molar-refractivity contribution in [3.63, 3.8) is 0 Å². The smallest absolute Gasteiger partial charge is 0.328 e. The van der Waals surface area contributed by atoms with Crippen LogP contribution in [-0.2, 0) is 14.4 Å². The molecule has 0 heterocycles. The predicted molar refractivity (Wildman–Crippen MR) is 52.7 cm³/mol. The SMILES string of the molecule is CCNC.O=C(O)/C=C/C(=O)O.O=CO. The summed E-state index contributed by atoms with van der Waals surface area (Å²) in [5.41, 5.74) is 0. The van der Waals surface area contributed by atoms with Crippen molar-refractivity contribution in [2.75, 3.05) is 13.6 Å². The Morgan fingerprint density at radius 3 is 1.47 bits per heavy atom. The lowest BCUT2D eigenvalue weighted by atomic mass is 10.5. The molecule has 0 aromatic heterocycles. The summed E-state index contributed by atoms with van der Waals surface area (Å²) in [6, 6.07) is 0. The van der Waals surface area contributed by atoms with Crippen LogP contribution >= 0.6 is 0 Å². The van der Waals surface area contributed by atoms with Gasteiger partial charge in [-0.2, -0.15) is 0 Å². The van der Waals surface area contributed by atoms with Gasteiger partial charge in [-0.05, 0) is 13.6 Å². The first-order valence-electron chi connectivity index (χ1n) is 3.82. The zero-order valence-electron chi connectivity index (χ0n) is 8.51. The first-order chi connectivity index (χ1) is 6.95. The fourth-order valence-corrected chi connectivity index (χ4v) is 0.143. The second-order valence-electron chi connectivity index (χ2n) is 1.82. The van der Waals surface area contributed by atoms with Crippen LogP contribution in [0.15, 0.2) is 12.2 Å². The largest absolute Gasteiger partial charge is 0.483 e. The summed E-state index contributed by atoms with van der Waals surface area (Å²) in [5, 5.41) is 25.4. The average Bonchev–Trinajstić information content (AvgIpc) is 2.16. The molecule has 0 bridgehead atoms. The van der Waals surface area contributed by atoms with E-state index in [-0.39, 0.29) is 6.47 Å². The Morgan fingerprint density at radius 2 is 1.40 bits per heavy atom. The van der Waals surface area contributed by atoms with E-state index in [9.17, 15) is 9.59 Å². The van der Waals surface area contributed by atoms with Gasteiger partial charge in [0.1, 0.15) is 0 Å². The zero-order chi connectivity index (χ0) is 12.7. The van der Waals surface area contributed by atoms with E-state index in [4.69, 9.17) is 20.1 Å². The third-order valence-electron chi connectivity index (χ3n) is 0.722. The maximum absolute atomic E-state index is 9.55. The summed E-state index contributed by atoms with van der Waals surface area (Å²) in [6.45, 7) is 2.89. The maximum Gasteiger partial charge on any atom is 0.328 e. The number of carboxylic acids is 2. The number of rotatable bonds is 3. The highest BCUT2D eigenvalue weighted by Gasteiger charge is 1.88. The molecule has 88 valence electrons. The molecular formula is C8H15NO6. The first kappa shape index (κ1) is 18.8. The topological polar surface area (TPSA) is 124 Å². The number of carbonyl (C=O) groups is 3. The summed E-state index contributed by atoms with van der Waals surface area (Å²) in [7, 11) is 1.93. The molecule has 0 aliphatic carbocycles. The Morgan fingerprint density at radius 1 is 1.20 bits per heavy atom. The van der Waals surface area contributed by atoms with Crippen molar-refractivity contribution >= 4 is 18.4 Å². The first-order valence-corrected chi connectivity index (χ1v) is 3.82. The van der Waals surface area contributed by atoms with Crippen molar-refractivity contribution in [3.05, 3.63) is 12.2 Å². The van der Waals surface area contributed by atoms with E-state index >= 15 is 0 Å². The molecule has 0 aromatic rings. The van der Waals surface area contributed by atoms with Crippen LogP contribution in [0.4, 0.5) is 0 Å². The molecule has 0 saturated heterocycles. The van der Waals surface area contributed by atoms with Crippen LogP contribution in [0.25, 0.3) is 0 Å². The molecule has 15 heavy (non-hydrogen) atoms. The number of carboxylic acid groups (broad SMARTS) is 3. The predicted octanol–water partition coefficient (Wildman–Crippen LogP) is -0.362. The van der Waals surface area contributed by atoms with Crippen LogP contribution in [0.1, 0.15) is 6.92 Å². The van der Waals surface area contributed by atoms with Gasteiger partial charge in [-0.15, -0.1) is 0 Å². The third kappa shape index (κ3) is 73.3. The molecule has 0 aliphatic rings. The number of nitrogens with one attached hydrogen (secondary N) is 1. The summed E-state index contributed by atoms with van der Waals surface area (Å²) >= 11 is 0. The molecule has 0 atom stereocenters. The molecule has 0 aromatic carbocycles. The van der Waals surface area contributed by atoms with E-state index in [1.54, 1.807) is 0 Å². The van der Waals surface area contributed by atoms with Gasteiger partial charge in [0.25, 0.3) is 6.47 Å². The Kier molecular flexibility index (Phi) is 22.6. The minimum atomic E-state index is -1.26. The molecule has 0 aliphatic heterocycles. The van der Waals surface area contributed by atoms with Crippen LogP contribution in [-0.4, -0.2) is 47.3 Å². The standard InChI is InChI=1S/C4H4O4.C3H9N.CH2O2/c5-3(6)1-2-4(7)8;1-3-4-2;2-1-3/h1-2H,(H,5,6)(H,7,8);4H,3H2,1-2H3;1H,(H,2,3)/b2-1+;;. The quantitative estimate of drug-likeness (QED) is 0.379. The summed E-state index contributed by atoms with van der Waals surface area (Å²) < 4.78 is 0. The van der Waals surface area contributed by atoms with Gasteiger partial charge < -0.3 is 20.6 Å². The van der Waals surface area contributed by atoms with Gasteiger partial charge in [-0.1, -0.05) is 6.92 Å². The minimum absolute atomic E-state index is 0.250. The Balaban J connectivity index is -0.000000173. The van der Waals surface area contributed by atoms with Gasteiger partial charge in [0.05, 0.1) is 0 Å². The number of aliphatic carboxylic acids is 2. The van der Waals surface area contributed by atoms with Crippen molar-refractivity contribution in [1.29, 1.82) is 0 Å². The average molecular weight is 221 g/mol. The van der Waals surface area contributed by atoms with Crippen molar-refractivity contribution in [3.8, 4) is 0 Å². The van der Waals surface area contributed by atoms with Gasteiger partial charge in [-0.3, -0.25) is 4.79 Å². The van der Waals surface area contributed by atoms with Crippen LogP contribution < -0.4 is 5.32 Å². The molecule has 0 amide bonds. The lowest BCUT2D eigenvalue weighted by molar-refractivity contribution is -0.134. The van der Waals surface area contributed by atoms with E-state index in [1.165, 1.54) is 0 Å². The zero-order valence-corrected chi connectivity index (χ0v) is 8.51. The van der Waals surface area contributed by atoms with Crippen LogP contribution in [0.5, 0.6) is 0 Å². The highest BCUT2D eigenvalue weighted by Crippen LogP contribution is 1.70. The molecule has 7 heteroatoms. The lowest BCUT2D eigenvalue weighted by Crippen LogP contribution is -2.01. The van der Waals surface area contributed by atoms with E-state index in [1.807, 2.05) is 7.05 Å². The molecule has 0 unspecified atom stereocenters.